The maximum atomic E-state index is 13.0. The molecule has 1 aromatic carbocycles. The maximum absolute atomic E-state index is 13.0. The molecule has 0 amide bonds. The molecule has 0 saturated heterocycles. The molecule has 1 atom stereocenters. The first-order valence-electron chi connectivity index (χ1n) is 4.04. The van der Waals surface area contributed by atoms with Crippen LogP contribution in [0.1, 0.15) is 24.2 Å². The van der Waals surface area contributed by atoms with Crippen molar-refractivity contribution in [3.05, 3.63) is 35.4 Å². The first-order chi connectivity index (χ1) is 6.40. The Bertz CT molecular complexity index is 415. The molecule has 1 rings (SSSR count). The summed E-state index contributed by atoms with van der Waals surface area (Å²) in [4.78, 5) is 0. The summed E-state index contributed by atoms with van der Waals surface area (Å²) in [5.74, 6) is -0.334. The van der Waals surface area contributed by atoms with E-state index in [9.17, 15) is 12.8 Å². The van der Waals surface area contributed by atoms with Gasteiger partial charge in [-0.3, -0.25) is 0 Å². The number of hydrogen-bond donors (Lipinski definition) is 0. The Morgan fingerprint density at radius 3 is 2.50 bits per heavy atom. The van der Waals surface area contributed by atoms with Crippen LogP contribution in [0.15, 0.2) is 24.3 Å². The molecular weight excluding hydrogens is 227 g/mol. The Labute approximate surface area is 87.1 Å². The second kappa shape index (κ2) is 4.28. The predicted molar refractivity (Wildman–Crippen MR) is 54.4 cm³/mol. The van der Waals surface area contributed by atoms with Crippen LogP contribution >= 0.6 is 10.7 Å². The highest BCUT2D eigenvalue weighted by atomic mass is 35.7. The average Bonchev–Trinajstić information content (AvgIpc) is 2.01. The predicted octanol–water partition coefficient (Wildman–Crippen LogP) is 2.79. The standard InChI is InChI=1S/C9H10ClFO2S/c1-7(11)9-5-3-2-4-8(9)6-14(10,12)13/h2-5,7H,6H2,1H3. The third kappa shape index (κ3) is 3.27. The molecule has 0 aromatic heterocycles. The second-order valence-electron chi connectivity index (χ2n) is 3.00. The van der Waals surface area contributed by atoms with Gasteiger partial charge in [0.2, 0.25) is 9.05 Å². The Hall–Kier alpha value is -0.610. The number of alkyl halides is 1. The maximum Gasteiger partial charge on any atom is 0.236 e. The van der Waals surface area contributed by atoms with Crippen molar-refractivity contribution in [1.82, 2.24) is 0 Å². The van der Waals surface area contributed by atoms with Crippen molar-refractivity contribution in [1.29, 1.82) is 0 Å². The molecule has 5 heteroatoms. The quantitative estimate of drug-likeness (QED) is 0.757. The van der Waals surface area contributed by atoms with Crippen molar-refractivity contribution in [2.45, 2.75) is 18.8 Å². The van der Waals surface area contributed by atoms with Gasteiger partial charge in [-0.05, 0) is 18.1 Å². The van der Waals surface area contributed by atoms with Crippen molar-refractivity contribution < 1.29 is 12.8 Å². The molecule has 0 aliphatic rings. The first kappa shape index (κ1) is 11.5. The largest absolute Gasteiger partial charge is 0.243 e. The van der Waals surface area contributed by atoms with Gasteiger partial charge in [-0.1, -0.05) is 24.3 Å². The highest BCUT2D eigenvalue weighted by Gasteiger charge is 2.13. The molecule has 0 heterocycles. The van der Waals surface area contributed by atoms with Crippen LogP contribution in [0, 0.1) is 0 Å². The number of halogens is 2. The zero-order chi connectivity index (χ0) is 10.8. The normalized spacial score (nSPS) is 13.9. The zero-order valence-corrected chi connectivity index (χ0v) is 9.15. The molecule has 2 nitrogen and oxygen atoms in total. The summed E-state index contributed by atoms with van der Waals surface area (Å²) in [6.07, 6.45) is -1.19. The van der Waals surface area contributed by atoms with E-state index in [0.29, 0.717) is 11.1 Å². The van der Waals surface area contributed by atoms with Crippen molar-refractivity contribution in [3.8, 4) is 0 Å². The lowest BCUT2D eigenvalue weighted by Crippen LogP contribution is -2.00. The van der Waals surface area contributed by atoms with E-state index in [4.69, 9.17) is 10.7 Å². The van der Waals surface area contributed by atoms with E-state index in [1.807, 2.05) is 0 Å². The van der Waals surface area contributed by atoms with Gasteiger partial charge in [0.15, 0.2) is 0 Å². The molecule has 1 unspecified atom stereocenters. The van der Waals surface area contributed by atoms with Gasteiger partial charge >= 0.3 is 0 Å². The van der Waals surface area contributed by atoms with Crippen molar-refractivity contribution >= 4 is 19.7 Å². The van der Waals surface area contributed by atoms with Gasteiger partial charge in [-0.25, -0.2) is 12.8 Å². The summed E-state index contributed by atoms with van der Waals surface area (Å²) in [7, 11) is 1.47. The van der Waals surface area contributed by atoms with Crippen molar-refractivity contribution in [3.63, 3.8) is 0 Å². The van der Waals surface area contributed by atoms with Gasteiger partial charge in [-0.2, -0.15) is 0 Å². The van der Waals surface area contributed by atoms with Crippen LogP contribution in [0.2, 0.25) is 0 Å². The van der Waals surface area contributed by atoms with E-state index in [-0.39, 0.29) is 5.75 Å². The third-order valence-electron chi connectivity index (χ3n) is 1.81. The van der Waals surface area contributed by atoms with Crippen LogP contribution in [0.5, 0.6) is 0 Å². The van der Waals surface area contributed by atoms with Crippen LogP contribution in [0.3, 0.4) is 0 Å². The SMILES string of the molecule is CC(F)c1ccccc1CS(=O)(=O)Cl. The van der Waals surface area contributed by atoms with Gasteiger partial charge in [-0.15, -0.1) is 0 Å². The number of benzene rings is 1. The lowest BCUT2D eigenvalue weighted by Gasteiger charge is -2.08. The molecule has 0 aliphatic carbocycles. The smallest absolute Gasteiger partial charge is 0.236 e. The van der Waals surface area contributed by atoms with Crippen LogP contribution in [0.25, 0.3) is 0 Å². The minimum Gasteiger partial charge on any atom is -0.243 e. The molecule has 14 heavy (non-hydrogen) atoms. The van der Waals surface area contributed by atoms with Gasteiger partial charge in [0.05, 0.1) is 5.75 Å². The number of hydrogen-bond acceptors (Lipinski definition) is 2. The van der Waals surface area contributed by atoms with E-state index in [0.717, 1.165) is 0 Å². The molecule has 78 valence electrons. The Balaban J connectivity index is 3.08. The van der Waals surface area contributed by atoms with Gasteiger partial charge < -0.3 is 0 Å². The monoisotopic (exact) mass is 236 g/mol. The Morgan fingerprint density at radius 2 is 2.00 bits per heavy atom. The van der Waals surface area contributed by atoms with Crippen LogP contribution < -0.4 is 0 Å². The Kier molecular flexibility index (Phi) is 3.50. The summed E-state index contributed by atoms with van der Waals surface area (Å²) < 4.78 is 34.7. The summed E-state index contributed by atoms with van der Waals surface area (Å²) >= 11 is 0. The van der Waals surface area contributed by atoms with E-state index in [1.165, 1.54) is 6.92 Å². The number of rotatable bonds is 3. The summed E-state index contributed by atoms with van der Waals surface area (Å²) in [5.41, 5.74) is 0.786. The molecular formula is C9H10ClFO2S. The fraction of sp³-hybridized carbons (Fsp3) is 0.333. The zero-order valence-electron chi connectivity index (χ0n) is 7.57. The average molecular weight is 237 g/mol. The summed E-state index contributed by atoms with van der Waals surface area (Å²) in [6, 6.07) is 6.44. The minimum absolute atomic E-state index is 0.334. The van der Waals surface area contributed by atoms with Crippen LogP contribution in [-0.4, -0.2) is 8.42 Å². The van der Waals surface area contributed by atoms with E-state index >= 15 is 0 Å². The molecule has 0 spiro atoms. The van der Waals surface area contributed by atoms with Gasteiger partial charge in [0.1, 0.15) is 6.17 Å². The van der Waals surface area contributed by atoms with E-state index in [2.05, 4.69) is 0 Å². The topological polar surface area (TPSA) is 34.1 Å². The molecule has 0 bridgehead atoms. The molecule has 0 aliphatic heterocycles. The molecule has 0 radical (unpaired) electrons. The van der Waals surface area contributed by atoms with E-state index < -0.39 is 15.2 Å². The fourth-order valence-corrected chi connectivity index (χ4v) is 2.23. The second-order valence-corrected chi connectivity index (χ2v) is 5.77. The highest BCUT2D eigenvalue weighted by molar-refractivity contribution is 8.13. The highest BCUT2D eigenvalue weighted by Crippen LogP contribution is 2.23. The van der Waals surface area contributed by atoms with E-state index in [1.54, 1.807) is 24.3 Å². The minimum atomic E-state index is -3.63. The molecule has 0 N–H and O–H groups in total. The summed E-state index contributed by atoms with van der Waals surface area (Å²) in [5, 5.41) is 0. The summed E-state index contributed by atoms with van der Waals surface area (Å²) in [6.45, 7) is 1.36. The Morgan fingerprint density at radius 1 is 1.43 bits per heavy atom. The third-order valence-corrected chi connectivity index (χ3v) is 2.79. The lowest BCUT2D eigenvalue weighted by atomic mass is 10.1. The fourth-order valence-electron chi connectivity index (χ4n) is 1.24. The molecule has 0 fully saturated rings. The van der Waals surface area contributed by atoms with Crippen LogP contribution in [0.4, 0.5) is 4.39 Å². The lowest BCUT2D eigenvalue weighted by molar-refractivity contribution is 0.372. The van der Waals surface area contributed by atoms with Gasteiger partial charge in [0.25, 0.3) is 0 Å². The molecule has 0 saturated carbocycles. The first-order valence-corrected chi connectivity index (χ1v) is 6.52. The van der Waals surface area contributed by atoms with Crippen LogP contribution in [-0.2, 0) is 14.8 Å². The van der Waals surface area contributed by atoms with Crippen molar-refractivity contribution in [2.75, 3.05) is 0 Å². The molecule has 1 aromatic rings. The van der Waals surface area contributed by atoms with Crippen molar-refractivity contribution in [2.24, 2.45) is 0 Å². The van der Waals surface area contributed by atoms with Gasteiger partial charge in [0, 0.05) is 10.7 Å².